The maximum atomic E-state index is 11.6. The van der Waals surface area contributed by atoms with Gasteiger partial charge in [0.1, 0.15) is 0 Å². The fourth-order valence-electron chi connectivity index (χ4n) is 0.404. The van der Waals surface area contributed by atoms with Gasteiger partial charge in [-0.3, -0.25) is 0 Å². The van der Waals surface area contributed by atoms with Gasteiger partial charge in [-0.15, -0.1) is 12.4 Å². The van der Waals surface area contributed by atoms with Crippen LogP contribution in [0.4, 0.5) is 13.2 Å². The molecule has 0 radical (unpaired) electrons. The molecule has 0 heterocycles. The van der Waals surface area contributed by atoms with Crippen molar-refractivity contribution in [3.8, 4) is 0 Å². The van der Waals surface area contributed by atoms with E-state index in [-0.39, 0.29) is 17.7 Å². The van der Waals surface area contributed by atoms with Crippen LogP contribution in [0.1, 0.15) is 0 Å². The van der Waals surface area contributed by atoms with Crippen molar-refractivity contribution >= 4 is 33.3 Å². The molecule has 0 aliphatic heterocycles. The van der Waals surface area contributed by atoms with Crippen LogP contribution >= 0.6 is 12.4 Å². The molecule has 13 heavy (non-hydrogen) atoms. The van der Waals surface area contributed by atoms with Gasteiger partial charge in [0.05, 0.1) is 0 Å². The van der Waals surface area contributed by atoms with Crippen LogP contribution < -0.4 is 5.73 Å². The molecule has 80 valence electrons. The summed E-state index contributed by atoms with van der Waals surface area (Å²) in [5.74, 6) is -0.805. The van der Waals surface area contributed by atoms with Crippen molar-refractivity contribution in [2.24, 2.45) is 5.73 Å². The zero-order valence-corrected chi connectivity index (χ0v) is 9.16. The van der Waals surface area contributed by atoms with Gasteiger partial charge in [-0.1, -0.05) is 0 Å². The van der Waals surface area contributed by atoms with Crippen molar-refractivity contribution in [2.75, 3.05) is 7.11 Å². The van der Waals surface area contributed by atoms with E-state index in [1.807, 2.05) is 0 Å². The topological polar surface area (TPSA) is 52.3 Å². The zero-order valence-electron chi connectivity index (χ0n) is 6.63. The van der Waals surface area contributed by atoms with Crippen molar-refractivity contribution in [1.29, 1.82) is 0 Å². The average molecular weight is 287 g/mol. The summed E-state index contributed by atoms with van der Waals surface area (Å²) in [6.45, 7) is 0. The second-order valence-corrected chi connectivity index (χ2v) is 4.16. The molecule has 0 saturated heterocycles. The van der Waals surface area contributed by atoms with Crippen molar-refractivity contribution in [3.63, 3.8) is 0 Å². The maximum Gasteiger partial charge on any atom is -0.147 e. The van der Waals surface area contributed by atoms with Crippen LogP contribution in [-0.2, 0) is 9.53 Å². The molecule has 0 aliphatic rings. The van der Waals surface area contributed by atoms with E-state index in [2.05, 4.69) is 4.74 Å². The van der Waals surface area contributed by atoms with Crippen LogP contribution in [0, 0.1) is 0 Å². The van der Waals surface area contributed by atoms with E-state index in [4.69, 9.17) is 5.73 Å². The molecule has 1 atom stereocenters. The van der Waals surface area contributed by atoms with Crippen LogP contribution in [0.3, 0.4) is 0 Å². The van der Waals surface area contributed by atoms with E-state index in [9.17, 15) is 18.0 Å². The van der Waals surface area contributed by atoms with Gasteiger partial charge in [0, 0.05) is 0 Å². The number of hydrogen-bond acceptors (Lipinski definition) is 3. The van der Waals surface area contributed by atoms with Crippen LogP contribution in [0.2, 0.25) is 5.32 Å². The van der Waals surface area contributed by atoms with Crippen LogP contribution in [-0.4, -0.2) is 39.2 Å². The predicted octanol–water partition coefficient (Wildman–Crippen LogP) is 0.551. The second-order valence-electron chi connectivity index (χ2n) is 1.89. The quantitative estimate of drug-likeness (QED) is 0.609. The summed E-state index contributed by atoms with van der Waals surface area (Å²) in [6, 6.07) is -1.16. The van der Waals surface area contributed by atoms with Gasteiger partial charge in [-0.05, 0) is 0 Å². The summed E-state index contributed by atoms with van der Waals surface area (Å²) in [5.41, 5.74) is 5.08. The molecule has 0 amide bonds. The molecular weight excluding hydrogens is 277 g/mol. The summed E-state index contributed by atoms with van der Waals surface area (Å²) in [6.07, 6.45) is 0. The third-order valence-electron chi connectivity index (χ3n) is 0.930. The first-order valence-electron chi connectivity index (χ1n) is 2.91. The molecule has 2 N–H and O–H groups in total. The first-order chi connectivity index (χ1) is 5.37. The Morgan fingerprint density at radius 3 is 2.38 bits per heavy atom. The number of hydrogen-bond donors (Lipinski definition) is 1. The summed E-state index contributed by atoms with van der Waals surface area (Å²) < 4.78 is 39.0. The van der Waals surface area contributed by atoms with E-state index in [1.165, 1.54) is 0 Å². The first kappa shape index (κ1) is 15.5. The summed E-state index contributed by atoms with van der Waals surface area (Å²) >= 11 is -1.61. The molecule has 0 aliphatic carbocycles. The number of esters is 1. The molecule has 0 saturated carbocycles. The Labute approximate surface area is 85.7 Å². The Hall–Kier alpha value is 0.0295. The second kappa shape index (κ2) is 6.48. The Morgan fingerprint density at radius 1 is 1.62 bits per heavy atom. The number of alkyl halides is 3. The van der Waals surface area contributed by atoms with Crippen molar-refractivity contribution in [3.05, 3.63) is 0 Å². The molecule has 3 nitrogen and oxygen atoms in total. The molecule has 8 heteroatoms. The molecular formula is C5H9ClF3NO2Se. The third-order valence-corrected chi connectivity index (χ3v) is 2.72. The van der Waals surface area contributed by atoms with Crippen molar-refractivity contribution in [1.82, 2.24) is 0 Å². The Morgan fingerprint density at radius 2 is 2.08 bits per heavy atom. The molecule has 0 spiro atoms. The van der Waals surface area contributed by atoms with Gasteiger partial charge in [0.15, 0.2) is 0 Å². The normalized spacial score (nSPS) is 13.0. The molecule has 0 bridgehead atoms. The fourth-order valence-corrected chi connectivity index (χ4v) is 1.46. The monoisotopic (exact) mass is 287 g/mol. The number of nitrogens with two attached hydrogens (primary N) is 1. The largest absolute Gasteiger partial charge is 0.147 e. The number of rotatable bonds is 3. The molecule has 0 fully saturated rings. The zero-order chi connectivity index (χ0) is 9.78. The maximum absolute atomic E-state index is 11.6. The van der Waals surface area contributed by atoms with Crippen LogP contribution in [0.15, 0.2) is 0 Å². The minimum atomic E-state index is -4.21. The minimum Gasteiger partial charge on any atom is -0.147 e. The average Bonchev–Trinajstić information content (AvgIpc) is 1.97. The number of ether oxygens (including phenoxy) is 1. The standard InChI is InChI=1S/C5H8F3NO2Se.ClH/c1-11-4(10)3(9)2-12-5(6,7)8;/h3H,2,9H2,1H3;1H/t3-;/m0./s1. The van der Waals surface area contributed by atoms with E-state index in [0.717, 1.165) is 7.11 Å². The van der Waals surface area contributed by atoms with Crippen LogP contribution in [0.25, 0.3) is 0 Å². The smallest absolute Gasteiger partial charge is 0.147 e. The number of methoxy groups -OCH3 is 1. The van der Waals surface area contributed by atoms with E-state index < -0.39 is 32.0 Å². The minimum absolute atomic E-state index is 0. The fraction of sp³-hybridized carbons (Fsp3) is 0.800. The summed E-state index contributed by atoms with van der Waals surface area (Å²) in [4.78, 5) is 10.5. The van der Waals surface area contributed by atoms with Crippen molar-refractivity contribution in [2.45, 2.75) is 16.4 Å². The number of carbonyl (C=O) groups is 1. The number of halogens is 4. The SMILES string of the molecule is COC(=O)[C@@H](N)C[Se]C(F)(F)F.Cl. The molecule has 0 unspecified atom stereocenters. The molecule has 0 aromatic heterocycles. The van der Waals surface area contributed by atoms with Gasteiger partial charge >= 0.3 is 72.9 Å². The van der Waals surface area contributed by atoms with E-state index in [1.54, 1.807) is 0 Å². The van der Waals surface area contributed by atoms with Gasteiger partial charge in [0.2, 0.25) is 0 Å². The Bertz CT molecular complexity index is 166. The Kier molecular flexibility index (Phi) is 7.72. The van der Waals surface area contributed by atoms with E-state index >= 15 is 0 Å². The van der Waals surface area contributed by atoms with E-state index in [0.29, 0.717) is 0 Å². The third kappa shape index (κ3) is 8.36. The van der Waals surface area contributed by atoms with Gasteiger partial charge in [0.25, 0.3) is 0 Å². The molecule has 0 aromatic rings. The van der Waals surface area contributed by atoms with Crippen LogP contribution in [0.5, 0.6) is 0 Å². The van der Waals surface area contributed by atoms with Gasteiger partial charge in [-0.25, -0.2) is 0 Å². The molecule has 0 aromatic carbocycles. The van der Waals surface area contributed by atoms with Crippen molar-refractivity contribution < 1.29 is 22.7 Å². The number of carbonyl (C=O) groups excluding carboxylic acids is 1. The summed E-state index contributed by atoms with van der Waals surface area (Å²) in [5, 5.41) is -4.58. The van der Waals surface area contributed by atoms with Gasteiger partial charge < -0.3 is 0 Å². The van der Waals surface area contributed by atoms with Gasteiger partial charge in [-0.2, -0.15) is 0 Å². The molecule has 0 rings (SSSR count). The summed E-state index contributed by atoms with van der Waals surface area (Å²) in [7, 11) is 1.09. The predicted molar refractivity (Wildman–Crippen MR) is 43.9 cm³/mol. The Balaban J connectivity index is 0. The first-order valence-corrected chi connectivity index (χ1v) is 4.97.